The van der Waals surface area contributed by atoms with Crippen molar-refractivity contribution in [3.63, 3.8) is 0 Å². The minimum atomic E-state index is 0.246. The predicted octanol–water partition coefficient (Wildman–Crippen LogP) is 3.52. The second-order valence-corrected chi connectivity index (χ2v) is 7.13. The molecule has 3 nitrogen and oxygen atoms in total. The van der Waals surface area contributed by atoms with Crippen LogP contribution in [0.25, 0.3) is 0 Å². The fraction of sp³-hybridized carbons (Fsp3) is 0.812. The maximum absolute atomic E-state index is 12.4. The molecule has 0 aromatic rings. The van der Waals surface area contributed by atoms with Gasteiger partial charge in [-0.25, -0.2) is 4.79 Å². The third-order valence-corrected chi connectivity index (χ3v) is 4.50. The lowest BCUT2D eigenvalue weighted by molar-refractivity contribution is 0.136. The lowest BCUT2D eigenvalue weighted by Crippen LogP contribution is -2.48. The van der Waals surface area contributed by atoms with Gasteiger partial charge in [-0.05, 0) is 30.6 Å². The second-order valence-electron chi connectivity index (χ2n) is 7.13. The number of amides is 2. The Morgan fingerprint density at radius 2 is 1.79 bits per heavy atom. The van der Waals surface area contributed by atoms with E-state index in [0.29, 0.717) is 0 Å². The van der Waals surface area contributed by atoms with Crippen molar-refractivity contribution >= 4 is 6.03 Å². The van der Waals surface area contributed by atoms with Crippen molar-refractivity contribution in [2.24, 2.45) is 11.3 Å². The number of rotatable bonds is 0. The molecule has 0 atom stereocenters. The molecule has 2 rings (SSSR count). The van der Waals surface area contributed by atoms with Crippen LogP contribution in [0.5, 0.6) is 0 Å². The van der Waals surface area contributed by atoms with Gasteiger partial charge in [0.2, 0.25) is 0 Å². The van der Waals surface area contributed by atoms with Gasteiger partial charge < -0.3 is 9.80 Å². The summed E-state index contributed by atoms with van der Waals surface area (Å²) in [5.41, 5.74) is 1.74. The van der Waals surface area contributed by atoms with Crippen molar-refractivity contribution in [2.45, 2.75) is 47.0 Å². The molecular formula is C16H28N2O. The van der Waals surface area contributed by atoms with E-state index in [1.165, 1.54) is 5.57 Å². The Balaban J connectivity index is 1.91. The molecule has 0 aromatic heterocycles. The molecule has 3 heteroatoms. The third-order valence-electron chi connectivity index (χ3n) is 4.50. The van der Waals surface area contributed by atoms with E-state index in [9.17, 15) is 4.79 Å². The number of carbonyl (C=O) groups excluding carboxylic acids is 1. The van der Waals surface area contributed by atoms with Gasteiger partial charge in [-0.1, -0.05) is 39.3 Å². The highest BCUT2D eigenvalue weighted by Crippen LogP contribution is 2.30. The monoisotopic (exact) mass is 264 g/mol. The van der Waals surface area contributed by atoms with E-state index in [0.717, 1.165) is 51.4 Å². The van der Waals surface area contributed by atoms with Gasteiger partial charge in [0.25, 0.3) is 0 Å². The minimum Gasteiger partial charge on any atom is -0.325 e. The molecule has 108 valence electrons. The summed E-state index contributed by atoms with van der Waals surface area (Å²) in [7, 11) is 0. The van der Waals surface area contributed by atoms with Gasteiger partial charge in [0, 0.05) is 26.2 Å². The van der Waals surface area contributed by atoms with E-state index in [4.69, 9.17) is 0 Å². The molecule has 2 amide bonds. The quantitative estimate of drug-likeness (QED) is 0.614. The van der Waals surface area contributed by atoms with Gasteiger partial charge in [-0.3, -0.25) is 0 Å². The van der Waals surface area contributed by atoms with Crippen LogP contribution in [0.2, 0.25) is 0 Å². The number of hydrogen-bond donors (Lipinski definition) is 0. The smallest absolute Gasteiger partial charge is 0.320 e. The zero-order chi connectivity index (χ0) is 14.0. The Bertz CT molecular complexity index is 359. The molecule has 0 bridgehead atoms. The van der Waals surface area contributed by atoms with Crippen molar-refractivity contribution < 1.29 is 4.79 Å². The van der Waals surface area contributed by atoms with E-state index in [1.807, 2.05) is 9.80 Å². The normalized spacial score (nSPS) is 22.4. The average molecular weight is 264 g/mol. The zero-order valence-corrected chi connectivity index (χ0v) is 12.9. The summed E-state index contributed by atoms with van der Waals surface area (Å²) in [5.74, 6) is 0.776. The van der Waals surface area contributed by atoms with Crippen molar-refractivity contribution in [3.05, 3.63) is 11.6 Å². The van der Waals surface area contributed by atoms with Crippen LogP contribution in [-0.4, -0.2) is 42.0 Å². The summed E-state index contributed by atoms with van der Waals surface area (Å²) in [6, 6.07) is 0.246. The number of likely N-dealkylation sites (tertiary alicyclic amines) is 1. The molecule has 0 spiro atoms. The van der Waals surface area contributed by atoms with Crippen molar-refractivity contribution in [1.82, 2.24) is 9.80 Å². The lowest BCUT2D eigenvalue weighted by Gasteiger charge is -2.37. The Hall–Kier alpha value is -0.990. The molecule has 0 unspecified atom stereocenters. The molecule has 0 saturated carbocycles. The van der Waals surface area contributed by atoms with Crippen molar-refractivity contribution in [3.8, 4) is 0 Å². The molecule has 0 aliphatic carbocycles. The molecule has 2 aliphatic rings. The summed E-state index contributed by atoms with van der Waals surface area (Å²) in [6.07, 6.45) is 5.60. The number of piperidine rings is 1. The molecular weight excluding hydrogens is 236 g/mol. The van der Waals surface area contributed by atoms with E-state index >= 15 is 0 Å². The van der Waals surface area contributed by atoms with Gasteiger partial charge in [-0.2, -0.15) is 0 Å². The highest BCUT2D eigenvalue weighted by molar-refractivity contribution is 5.75. The van der Waals surface area contributed by atoms with Crippen molar-refractivity contribution in [2.75, 3.05) is 26.2 Å². The van der Waals surface area contributed by atoms with E-state index in [-0.39, 0.29) is 11.4 Å². The Morgan fingerprint density at radius 3 is 2.26 bits per heavy atom. The number of urea groups is 1. The van der Waals surface area contributed by atoms with Crippen LogP contribution in [0.4, 0.5) is 4.79 Å². The van der Waals surface area contributed by atoms with Crippen LogP contribution in [0.3, 0.4) is 0 Å². The summed E-state index contributed by atoms with van der Waals surface area (Å²) in [6.45, 7) is 12.6. The highest BCUT2D eigenvalue weighted by atomic mass is 16.2. The molecule has 19 heavy (non-hydrogen) atoms. The number of nitrogens with zero attached hydrogens (tertiary/aromatic N) is 2. The lowest BCUT2D eigenvalue weighted by atomic mass is 9.83. The van der Waals surface area contributed by atoms with E-state index < -0.39 is 0 Å². The summed E-state index contributed by atoms with van der Waals surface area (Å²) in [5, 5.41) is 0. The van der Waals surface area contributed by atoms with Gasteiger partial charge in [0.05, 0.1) is 0 Å². The highest BCUT2D eigenvalue weighted by Gasteiger charge is 2.27. The van der Waals surface area contributed by atoms with Gasteiger partial charge in [0.15, 0.2) is 0 Å². The van der Waals surface area contributed by atoms with Crippen LogP contribution in [0.1, 0.15) is 47.0 Å². The first-order valence-electron chi connectivity index (χ1n) is 7.61. The molecule has 2 aliphatic heterocycles. The summed E-state index contributed by atoms with van der Waals surface area (Å²) < 4.78 is 0. The van der Waals surface area contributed by atoms with E-state index in [2.05, 4.69) is 33.8 Å². The maximum Gasteiger partial charge on any atom is 0.320 e. The average Bonchev–Trinajstić information content (AvgIpc) is 2.38. The van der Waals surface area contributed by atoms with Crippen molar-refractivity contribution in [1.29, 1.82) is 0 Å². The number of carbonyl (C=O) groups is 1. The maximum atomic E-state index is 12.4. The fourth-order valence-corrected chi connectivity index (χ4v) is 2.92. The fourth-order valence-electron chi connectivity index (χ4n) is 2.92. The van der Waals surface area contributed by atoms with Crippen LogP contribution in [0.15, 0.2) is 11.6 Å². The molecule has 1 saturated heterocycles. The second kappa shape index (κ2) is 5.56. The molecule has 2 heterocycles. The summed E-state index contributed by atoms with van der Waals surface area (Å²) >= 11 is 0. The molecule has 0 radical (unpaired) electrons. The SMILES string of the molecule is CC1CCN(C(=O)N2CC=C(C(C)(C)C)CC2)CC1. The Labute approximate surface area is 117 Å². The molecule has 1 fully saturated rings. The van der Waals surface area contributed by atoms with Gasteiger partial charge >= 0.3 is 6.03 Å². The minimum absolute atomic E-state index is 0.246. The molecule has 0 aromatic carbocycles. The third kappa shape index (κ3) is 3.52. The van der Waals surface area contributed by atoms with Gasteiger partial charge in [0.1, 0.15) is 0 Å². The first kappa shape index (κ1) is 14.4. The predicted molar refractivity (Wildman–Crippen MR) is 79.1 cm³/mol. The van der Waals surface area contributed by atoms with E-state index in [1.54, 1.807) is 0 Å². The number of hydrogen-bond acceptors (Lipinski definition) is 1. The van der Waals surface area contributed by atoms with Crippen LogP contribution < -0.4 is 0 Å². The van der Waals surface area contributed by atoms with Crippen LogP contribution >= 0.6 is 0 Å². The largest absolute Gasteiger partial charge is 0.325 e. The first-order chi connectivity index (χ1) is 8.88. The standard InChI is InChI=1S/C16H28N2O/c1-13-5-9-17(10-6-13)15(19)18-11-7-14(8-12-18)16(2,3)4/h7,13H,5-6,8-12H2,1-4H3. The van der Waals surface area contributed by atoms with Crippen LogP contribution in [0, 0.1) is 11.3 Å². The van der Waals surface area contributed by atoms with Gasteiger partial charge in [-0.15, -0.1) is 0 Å². The van der Waals surface area contributed by atoms with Crippen LogP contribution in [-0.2, 0) is 0 Å². The topological polar surface area (TPSA) is 23.6 Å². The molecule has 0 N–H and O–H groups in total. The Kier molecular flexibility index (Phi) is 4.22. The summed E-state index contributed by atoms with van der Waals surface area (Å²) in [4.78, 5) is 16.5. The first-order valence-corrected chi connectivity index (χ1v) is 7.61. The zero-order valence-electron chi connectivity index (χ0n) is 12.9. The Morgan fingerprint density at radius 1 is 1.16 bits per heavy atom.